The second-order valence-electron chi connectivity index (χ2n) is 6.81. The van der Waals surface area contributed by atoms with E-state index in [0.29, 0.717) is 0 Å². The van der Waals surface area contributed by atoms with Crippen LogP contribution < -0.4 is 4.72 Å². The van der Waals surface area contributed by atoms with E-state index in [0.717, 1.165) is 13.0 Å². The fraction of sp³-hybridized carbons (Fsp3) is 0.588. The zero-order chi connectivity index (χ0) is 18.8. The van der Waals surface area contributed by atoms with Gasteiger partial charge in [0.05, 0.1) is 22.3 Å². The first-order valence-corrected chi connectivity index (χ1v) is 8.83. The van der Waals surface area contributed by atoms with Gasteiger partial charge in [0.1, 0.15) is 11.4 Å². The number of carbonyl (C=O) groups is 1. The van der Waals surface area contributed by atoms with Crippen molar-refractivity contribution in [2.24, 2.45) is 0 Å². The summed E-state index contributed by atoms with van der Waals surface area (Å²) in [5.41, 5.74) is -4.63. The molecule has 1 aromatic carbocycles. The Kier molecular flexibility index (Phi) is 6.27. The van der Waals surface area contributed by atoms with E-state index in [-0.39, 0.29) is 12.2 Å². The van der Waals surface area contributed by atoms with Crippen LogP contribution >= 0.6 is 0 Å². The van der Waals surface area contributed by atoms with Gasteiger partial charge in [0.25, 0.3) is 0 Å². The van der Waals surface area contributed by atoms with Crippen molar-refractivity contribution >= 4 is 17.0 Å². The molecule has 0 aromatic heterocycles. The number of rotatable bonds is 6. The maximum atomic E-state index is 15.5. The maximum Gasteiger partial charge on any atom is 0.345 e. The highest BCUT2D eigenvalue weighted by Crippen LogP contribution is 2.39. The average molecular weight is 361 g/mol. The van der Waals surface area contributed by atoms with Crippen LogP contribution in [0.25, 0.3) is 0 Å². The number of alkyl halides is 1. The van der Waals surface area contributed by atoms with Crippen LogP contribution in [0.1, 0.15) is 47.1 Å². The third kappa shape index (κ3) is 4.00. The summed E-state index contributed by atoms with van der Waals surface area (Å²) in [6.45, 7) is 8.92. The van der Waals surface area contributed by atoms with Crippen LogP contribution in [0, 0.1) is 5.82 Å². The lowest BCUT2D eigenvalue weighted by molar-refractivity contribution is -0.161. The van der Waals surface area contributed by atoms with Crippen LogP contribution in [-0.2, 0) is 26.1 Å². The summed E-state index contributed by atoms with van der Waals surface area (Å²) >= 11 is 0. The molecule has 136 valence electrons. The average Bonchev–Trinajstić information content (AvgIpc) is 2.46. The standard InChI is InChI=1S/C17H25F2NO3S/c1-7-23-14(21)16(5,19)17(6,20-24(22)15(2,3)4)12-10-8-9-11-13(12)18/h8-11,20H,7H2,1-6H3/t16-,17-,24?/m1/s1. The van der Waals surface area contributed by atoms with Crippen LogP contribution in [-0.4, -0.2) is 27.2 Å². The zero-order valence-electron chi connectivity index (χ0n) is 14.9. The molecule has 0 radical (unpaired) electrons. The first kappa shape index (κ1) is 20.7. The second-order valence-corrected chi connectivity index (χ2v) is 8.78. The van der Waals surface area contributed by atoms with Crippen molar-refractivity contribution in [3.05, 3.63) is 35.6 Å². The fourth-order valence-electron chi connectivity index (χ4n) is 2.08. The van der Waals surface area contributed by atoms with Crippen LogP contribution in [0.3, 0.4) is 0 Å². The molecule has 4 nitrogen and oxygen atoms in total. The minimum absolute atomic E-state index is 0.0198. The number of esters is 1. The van der Waals surface area contributed by atoms with Gasteiger partial charge in [0.2, 0.25) is 5.67 Å². The molecule has 3 atom stereocenters. The van der Waals surface area contributed by atoms with Crippen molar-refractivity contribution in [3.63, 3.8) is 0 Å². The highest BCUT2D eigenvalue weighted by Gasteiger charge is 2.56. The van der Waals surface area contributed by atoms with Gasteiger partial charge in [-0.3, -0.25) is 0 Å². The molecule has 0 fully saturated rings. The first-order chi connectivity index (χ1) is 10.9. The summed E-state index contributed by atoms with van der Waals surface area (Å²) in [6.07, 6.45) is 0. The Bertz CT molecular complexity index is 629. The van der Waals surface area contributed by atoms with Crippen LogP contribution in [0.5, 0.6) is 0 Å². The lowest BCUT2D eigenvalue weighted by Gasteiger charge is -2.41. The van der Waals surface area contributed by atoms with Gasteiger partial charge in [-0.05, 0) is 47.6 Å². The third-order valence-electron chi connectivity index (χ3n) is 3.86. The quantitative estimate of drug-likeness (QED) is 0.790. The van der Waals surface area contributed by atoms with E-state index < -0.39 is 38.7 Å². The molecule has 0 amide bonds. The van der Waals surface area contributed by atoms with Crippen molar-refractivity contribution in [2.45, 2.75) is 57.5 Å². The van der Waals surface area contributed by atoms with Crippen LogP contribution in [0.15, 0.2) is 24.3 Å². The van der Waals surface area contributed by atoms with E-state index in [4.69, 9.17) is 4.74 Å². The minimum Gasteiger partial charge on any atom is -0.464 e. The second kappa shape index (κ2) is 7.27. The topological polar surface area (TPSA) is 55.4 Å². The number of halogens is 2. The molecule has 0 aliphatic heterocycles. The Morgan fingerprint density at radius 1 is 1.21 bits per heavy atom. The smallest absolute Gasteiger partial charge is 0.345 e. The van der Waals surface area contributed by atoms with Crippen molar-refractivity contribution in [1.82, 2.24) is 4.72 Å². The van der Waals surface area contributed by atoms with E-state index in [2.05, 4.69) is 4.72 Å². The monoisotopic (exact) mass is 361 g/mol. The van der Waals surface area contributed by atoms with E-state index in [1.807, 2.05) is 0 Å². The summed E-state index contributed by atoms with van der Waals surface area (Å²) in [5.74, 6) is -1.85. The molecule has 0 saturated carbocycles. The number of hydrogen-bond acceptors (Lipinski definition) is 3. The Labute approximate surface area is 144 Å². The lowest BCUT2D eigenvalue weighted by atomic mass is 9.78. The molecule has 1 rings (SSSR count). The summed E-state index contributed by atoms with van der Waals surface area (Å²) < 4.78 is 49.1. The molecule has 1 N–H and O–H groups in total. The Balaban J connectivity index is 3.50. The fourth-order valence-corrected chi connectivity index (χ4v) is 3.06. The largest absolute Gasteiger partial charge is 0.464 e. The Morgan fingerprint density at radius 2 is 1.75 bits per heavy atom. The van der Waals surface area contributed by atoms with Gasteiger partial charge in [-0.15, -0.1) is 0 Å². The molecule has 1 aromatic rings. The van der Waals surface area contributed by atoms with Gasteiger partial charge in [0.15, 0.2) is 0 Å². The summed E-state index contributed by atoms with van der Waals surface area (Å²) in [6, 6.07) is 5.51. The van der Waals surface area contributed by atoms with Crippen molar-refractivity contribution in [2.75, 3.05) is 6.61 Å². The maximum absolute atomic E-state index is 15.5. The van der Waals surface area contributed by atoms with Crippen LogP contribution in [0.4, 0.5) is 8.78 Å². The highest BCUT2D eigenvalue weighted by molar-refractivity contribution is 7.84. The van der Waals surface area contributed by atoms with Gasteiger partial charge in [-0.2, -0.15) is 0 Å². The number of nitrogens with one attached hydrogen (secondary N) is 1. The van der Waals surface area contributed by atoms with Gasteiger partial charge in [-0.1, -0.05) is 18.2 Å². The summed E-state index contributed by atoms with van der Waals surface area (Å²) in [5, 5.41) is 0. The number of benzene rings is 1. The third-order valence-corrected chi connectivity index (χ3v) is 5.57. The molecule has 0 aliphatic carbocycles. The first-order valence-electron chi connectivity index (χ1n) is 7.68. The number of ether oxygens (including phenoxy) is 1. The van der Waals surface area contributed by atoms with E-state index in [9.17, 15) is 13.4 Å². The molecule has 0 heterocycles. The molecule has 0 aliphatic rings. The van der Waals surface area contributed by atoms with E-state index in [1.165, 1.54) is 25.1 Å². The van der Waals surface area contributed by atoms with Gasteiger partial charge >= 0.3 is 5.97 Å². The van der Waals surface area contributed by atoms with Crippen molar-refractivity contribution in [3.8, 4) is 0 Å². The van der Waals surface area contributed by atoms with E-state index in [1.54, 1.807) is 27.7 Å². The molecule has 0 saturated heterocycles. The number of hydrogen-bond donors (Lipinski definition) is 1. The summed E-state index contributed by atoms with van der Waals surface area (Å²) in [4.78, 5) is 12.2. The molecular weight excluding hydrogens is 336 g/mol. The number of carbonyl (C=O) groups excluding carboxylic acids is 1. The Hall–Kier alpha value is -1.34. The Morgan fingerprint density at radius 3 is 2.21 bits per heavy atom. The van der Waals surface area contributed by atoms with Crippen LogP contribution in [0.2, 0.25) is 0 Å². The van der Waals surface area contributed by atoms with Gasteiger partial charge < -0.3 is 4.74 Å². The van der Waals surface area contributed by atoms with Crippen molar-refractivity contribution in [1.29, 1.82) is 0 Å². The molecule has 7 heteroatoms. The van der Waals surface area contributed by atoms with Gasteiger partial charge in [0, 0.05) is 5.56 Å². The minimum atomic E-state index is -2.65. The molecule has 0 bridgehead atoms. The summed E-state index contributed by atoms with van der Waals surface area (Å²) in [7, 11) is -1.75. The van der Waals surface area contributed by atoms with Gasteiger partial charge in [-0.25, -0.2) is 22.5 Å². The molecule has 1 unspecified atom stereocenters. The predicted octanol–water partition coefficient (Wildman–Crippen LogP) is 3.38. The van der Waals surface area contributed by atoms with Crippen molar-refractivity contribution < 1.29 is 22.5 Å². The normalized spacial score (nSPS) is 18.3. The SMILES string of the molecule is CCOC(=O)[C@@](C)(F)[C@](C)(NS(=O)C(C)(C)C)c1ccccc1F. The highest BCUT2D eigenvalue weighted by atomic mass is 32.2. The van der Waals surface area contributed by atoms with E-state index >= 15 is 4.39 Å². The molecular formula is C17H25F2NO3S. The molecule has 24 heavy (non-hydrogen) atoms. The molecule has 0 spiro atoms. The predicted molar refractivity (Wildman–Crippen MR) is 90.9 cm³/mol. The lowest BCUT2D eigenvalue weighted by Crippen LogP contribution is -2.61. The zero-order valence-corrected chi connectivity index (χ0v) is 15.7.